The molecule has 0 amide bonds. The highest BCUT2D eigenvalue weighted by Crippen LogP contribution is 2.36. The molecule has 0 aromatic rings. The molecule has 0 radical (unpaired) electrons. The molecule has 0 saturated carbocycles. The van der Waals surface area contributed by atoms with Crippen molar-refractivity contribution >= 4 is 46.8 Å². The van der Waals surface area contributed by atoms with E-state index in [-0.39, 0.29) is 0 Å². The van der Waals surface area contributed by atoms with Crippen molar-refractivity contribution in [3.63, 3.8) is 0 Å². The zero-order chi connectivity index (χ0) is 8.48. The summed E-state index contributed by atoms with van der Waals surface area (Å²) >= 11 is 18.0. The molecule has 0 saturated heterocycles. The normalized spacial score (nSPS) is 18.5. The Morgan fingerprint density at radius 1 is 1.64 bits per heavy atom. The summed E-state index contributed by atoms with van der Waals surface area (Å²) in [4.78, 5) is 2.73. The van der Waals surface area contributed by atoms with Crippen LogP contribution >= 0.6 is 46.8 Å². The number of nitrogens with zero attached hydrogens (tertiary/aromatic N) is 1. The predicted molar refractivity (Wildman–Crippen MR) is 47.9 cm³/mol. The van der Waals surface area contributed by atoms with Gasteiger partial charge in [-0.2, -0.15) is 4.83 Å². The van der Waals surface area contributed by atoms with Crippen molar-refractivity contribution in [3.05, 3.63) is 11.3 Å². The van der Waals surface area contributed by atoms with Crippen LogP contribution in [0.1, 0.15) is 0 Å². The molecule has 1 N–H and O–H groups in total. The molecule has 0 fully saturated rings. The maximum atomic E-state index is 5.57. The summed E-state index contributed by atoms with van der Waals surface area (Å²) in [6.45, 7) is 0. The summed E-state index contributed by atoms with van der Waals surface area (Å²) in [6, 6.07) is 0. The first-order valence-electron chi connectivity index (χ1n) is 2.58. The van der Waals surface area contributed by atoms with E-state index in [4.69, 9.17) is 39.5 Å². The first kappa shape index (κ1) is 9.61. The molecular weight excluding hydrogens is 230 g/mol. The molecule has 3 nitrogen and oxygen atoms in total. The molecule has 1 rings (SSSR count). The van der Waals surface area contributed by atoms with Crippen LogP contribution in [0.5, 0.6) is 0 Å². The molecule has 0 aromatic heterocycles. The second-order valence-corrected chi connectivity index (χ2v) is 4.55. The van der Waals surface area contributed by atoms with Crippen LogP contribution in [-0.2, 0) is 4.74 Å². The van der Waals surface area contributed by atoms with Crippen LogP contribution < -0.4 is 4.83 Å². The lowest BCUT2D eigenvalue weighted by Gasteiger charge is -2.26. The highest BCUT2D eigenvalue weighted by atomic mass is 35.6. The number of nitrogens with one attached hydrogen (secondary N) is 1. The third-order valence-corrected chi connectivity index (χ3v) is 2.10. The molecule has 0 aliphatic carbocycles. The van der Waals surface area contributed by atoms with Crippen LogP contribution in [0, 0.1) is 0 Å². The van der Waals surface area contributed by atoms with Gasteiger partial charge < -0.3 is 4.74 Å². The number of hydrogen-bond donors (Lipinski definition) is 1. The molecule has 1 heterocycles. The summed E-state index contributed by atoms with van der Waals surface area (Å²) in [5.74, 6) is 0.481. The molecule has 1 aliphatic rings. The first-order chi connectivity index (χ1) is 5.05. The number of rotatable bonds is 1. The van der Waals surface area contributed by atoms with Gasteiger partial charge in [0.05, 0.1) is 7.11 Å². The lowest BCUT2D eigenvalue weighted by molar-refractivity contribution is 0.144. The van der Waals surface area contributed by atoms with Gasteiger partial charge >= 0.3 is 0 Å². The van der Waals surface area contributed by atoms with E-state index in [1.807, 2.05) is 0 Å². The number of hydrazine groups is 1. The average Bonchev–Trinajstić information content (AvgIpc) is 2.31. The number of methoxy groups -OCH3 is 1. The highest BCUT2D eigenvalue weighted by molar-refractivity contribution is 8.00. The molecular formula is C4H5Cl3N2OS. The van der Waals surface area contributed by atoms with Gasteiger partial charge in [0.2, 0.25) is 5.88 Å². The Hall–Kier alpha value is 0.520. The molecule has 0 atom stereocenters. The average molecular weight is 236 g/mol. The standard InChI is InChI=1S/C4H5Cl3N2OS/c1-10-3-2-11-8-9(3)4(5,6)7/h2,8H,1H3. The Labute approximate surface area is 83.7 Å². The van der Waals surface area contributed by atoms with E-state index in [2.05, 4.69) is 4.83 Å². The minimum absolute atomic E-state index is 0.481. The summed E-state index contributed by atoms with van der Waals surface area (Å²) in [5.41, 5.74) is 0. The van der Waals surface area contributed by atoms with E-state index in [0.717, 1.165) is 0 Å². The minimum atomic E-state index is -1.52. The van der Waals surface area contributed by atoms with Gasteiger partial charge in [-0.15, -0.1) is 0 Å². The molecule has 0 unspecified atom stereocenters. The van der Waals surface area contributed by atoms with Crippen LogP contribution in [0.25, 0.3) is 0 Å². The Balaban J connectivity index is 2.68. The molecule has 0 bridgehead atoms. The van der Waals surface area contributed by atoms with E-state index < -0.39 is 3.92 Å². The summed E-state index contributed by atoms with van der Waals surface area (Å²) in [6.07, 6.45) is 0. The fraction of sp³-hybridized carbons (Fsp3) is 0.500. The lowest BCUT2D eigenvalue weighted by Crippen LogP contribution is -2.39. The monoisotopic (exact) mass is 234 g/mol. The second kappa shape index (κ2) is 3.49. The van der Waals surface area contributed by atoms with Crippen LogP contribution in [-0.4, -0.2) is 16.0 Å². The van der Waals surface area contributed by atoms with E-state index in [1.54, 1.807) is 5.41 Å². The summed E-state index contributed by atoms with van der Waals surface area (Å²) in [7, 11) is 1.50. The van der Waals surface area contributed by atoms with Gasteiger partial charge in [-0.1, -0.05) is 34.8 Å². The highest BCUT2D eigenvalue weighted by Gasteiger charge is 2.35. The molecule has 64 valence electrons. The SMILES string of the molecule is COC1=CSNN1C(Cl)(Cl)Cl. The largest absolute Gasteiger partial charge is 0.481 e. The van der Waals surface area contributed by atoms with Gasteiger partial charge in [0.15, 0.2) is 0 Å². The van der Waals surface area contributed by atoms with Crippen molar-refractivity contribution in [3.8, 4) is 0 Å². The number of hydrogen-bond acceptors (Lipinski definition) is 4. The Morgan fingerprint density at radius 3 is 2.64 bits per heavy atom. The van der Waals surface area contributed by atoms with E-state index in [0.29, 0.717) is 5.88 Å². The summed E-state index contributed by atoms with van der Waals surface area (Å²) in [5, 5.41) is 2.99. The second-order valence-electron chi connectivity index (χ2n) is 1.67. The van der Waals surface area contributed by atoms with Crippen LogP contribution in [0.3, 0.4) is 0 Å². The Morgan fingerprint density at radius 2 is 2.27 bits per heavy atom. The van der Waals surface area contributed by atoms with Crippen molar-refractivity contribution in [1.82, 2.24) is 9.84 Å². The zero-order valence-corrected chi connectivity index (χ0v) is 8.56. The predicted octanol–water partition coefficient (Wildman–Crippen LogP) is 2.23. The lowest BCUT2D eigenvalue weighted by atomic mass is 10.8. The van der Waals surface area contributed by atoms with E-state index >= 15 is 0 Å². The Kier molecular flexibility index (Phi) is 3.05. The minimum Gasteiger partial charge on any atom is -0.481 e. The fourth-order valence-corrected chi connectivity index (χ4v) is 1.76. The van der Waals surface area contributed by atoms with E-state index in [9.17, 15) is 0 Å². The van der Waals surface area contributed by atoms with Crippen molar-refractivity contribution in [2.24, 2.45) is 0 Å². The van der Waals surface area contributed by atoms with Gasteiger partial charge in [0, 0.05) is 5.41 Å². The zero-order valence-electron chi connectivity index (χ0n) is 5.47. The molecule has 0 spiro atoms. The number of ether oxygens (including phenoxy) is 1. The topological polar surface area (TPSA) is 24.5 Å². The Bertz CT molecular complexity index is 181. The number of halogens is 3. The van der Waals surface area contributed by atoms with Crippen LogP contribution in [0.4, 0.5) is 0 Å². The molecule has 7 heteroatoms. The van der Waals surface area contributed by atoms with Crippen molar-refractivity contribution in [1.29, 1.82) is 0 Å². The van der Waals surface area contributed by atoms with Crippen LogP contribution in [0.15, 0.2) is 11.3 Å². The third-order valence-electron chi connectivity index (χ3n) is 0.987. The molecule has 11 heavy (non-hydrogen) atoms. The van der Waals surface area contributed by atoms with Gasteiger partial charge in [-0.3, -0.25) is 0 Å². The van der Waals surface area contributed by atoms with Crippen molar-refractivity contribution < 1.29 is 4.74 Å². The third kappa shape index (κ3) is 2.23. The van der Waals surface area contributed by atoms with Gasteiger partial charge in [-0.05, 0) is 11.9 Å². The molecule has 0 aromatic carbocycles. The number of alkyl halides is 3. The summed E-state index contributed by atoms with van der Waals surface area (Å²) < 4.78 is 3.38. The smallest absolute Gasteiger partial charge is 0.284 e. The van der Waals surface area contributed by atoms with Crippen molar-refractivity contribution in [2.75, 3.05) is 7.11 Å². The van der Waals surface area contributed by atoms with Crippen molar-refractivity contribution in [2.45, 2.75) is 3.92 Å². The van der Waals surface area contributed by atoms with Gasteiger partial charge in [0.1, 0.15) is 0 Å². The molecule has 1 aliphatic heterocycles. The quantitative estimate of drug-likeness (QED) is 0.428. The van der Waals surface area contributed by atoms with Gasteiger partial charge in [0.25, 0.3) is 3.92 Å². The fourth-order valence-electron chi connectivity index (χ4n) is 0.543. The maximum absolute atomic E-state index is 5.57. The van der Waals surface area contributed by atoms with E-state index in [1.165, 1.54) is 24.1 Å². The first-order valence-corrected chi connectivity index (χ1v) is 4.59. The van der Waals surface area contributed by atoms with Crippen LogP contribution in [0.2, 0.25) is 0 Å². The van der Waals surface area contributed by atoms with Gasteiger partial charge in [-0.25, -0.2) is 5.01 Å². The maximum Gasteiger partial charge on any atom is 0.284 e.